The molecule has 0 aliphatic carbocycles. The quantitative estimate of drug-likeness (QED) is 0.563. The van der Waals surface area contributed by atoms with Gasteiger partial charge in [0.15, 0.2) is 6.67 Å². The molecule has 1 heterocycles. The first-order valence-electron chi connectivity index (χ1n) is 7.45. The molecule has 0 fully saturated rings. The summed E-state index contributed by atoms with van der Waals surface area (Å²) < 4.78 is 89.3. The standard InChI is InChI=1S/C16H16F6N2O2/c1-8(2)26-14-5-10(16(20,21)22)9-4-12(24-15(18,19)7-17)13(25-3)6-11(9)23-14/h4-6,8,24H,7H2,1-3H3. The van der Waals surface area contributed by atoms with Crippen LogP contribution in [0.5, 0.6) is 11.6 Å². The molecular formula is C16H16F6N2O2. The van der Waals surface area contributed by atoms with Gasteiger partial charge >= 0.3 is 12.2 Å². The fourth-order valence-corrected chi connectivity index (χ4v) is 2.26. The zero-order valence-electron chi connectivity index (χ0n) is 14.0. The van der Waals surface area contributed by atoms with E-state index >= 15 is 0 Å². The van der Waals surface area contributed by atoms with Crippen LogP contribution < -0.4 is 14.8 Å². The first kappa shape index (κ1) is 19.9. The Balaban J connectivity index is 2.71. The Morgan fingerprint density at radius 2 is 1.77 bits per heavy atom. The van der Waals surface area contributed by atoms with E-state index in [1.807, 2.05) is 0 Å². The smallest absolute Gasteiger partial charge is 0.417 e. The monoisotopic (exact) mass is 382 g/mol. The van der Waals surface area contributed by atoms with Crippen molar-refractivity contribution in [3.8, 4) is 11.6 Å². The fraction of sp³-hybridized carbons (Fsp3) is 0.438. The molecule has 0 spiro atoms. The molecule has 1 aromatic heterocycles. The topological polar surface area (TPSA) is 43.4 Å². The number of methoxy groups -OCH3 is 1. The fourth-order valence-electron chi connectivity index (χ4n) is 2.26. The number of fused-ring (bicyclic) bond motifs is 1. The first-order valence-corrected chi connectivity index (χ1v) is 7.45. The molecule has 0 bridgehead atoms. The van der Waals surface area contributed by atoms with Gasteiger partial charge in [-0.25, -0.2) is 9.37 Å². The highest BCUT2D eigenvalue weighted by Crippen LogP contribution is 2.40. The lowest BCUT2D eigenvalue weighted by atomic mass is 10.1. The Hall–Kier alpha value is -2.39. The largest absolute Gasteiger partial charge is 0.495 e. The van der Waals surface area contributed by atoms with Crippen molar-refractivity contribution < 1.29 is 35.8 Å². The lowest BCUT2D eigenvalue weighted by molar-refractivity contribution is -0.136. The third kappa shape index (κ3) is 4.41. The maximum atomic E-state index is 13.4. The van der Waals surface area contributed by atoms with Gasteiger partial charge in [-0.1, -0.05) is 0 Å². The summed E-state index contributed by atoms with van der Waals surface area (Å²) in [5.41, 5.74) is -1.78. The molecule has 0 radical (unpaired) electrons. The number of nitrogens with one attached hydrogen (secondary N) is 1. The summed E-state index contributed by atoms with van der Waals surface area (Å²) in [4.78, 5) is 3.96. The Kier molecular flexibility index (Phi) is 5.43. The molecule has 0 unspecified atom stereocenters. The molecule has 2 aromatic rings. The summed E-state index contributed by atoms with van der Waals surface area (Å²) in [5, 5.41) is 1.09. The molecule has 0 atom stereocenters. The number of alkyl halides is 6. The summed E-state index contributed by atoms with van der Waals surface area (Å²) in [5.74, 6) is -0.482. The second-order valence-electron chi connectivity index (χ2n) is 5.71. The van der Waals surface area contributed by atoms with Crippen LogP contribution in [-0.2, 0) is 6.18 Å². The maximum Gasteiger partial charge on any atom is 0.417 e. The van der Waals surface area contributed by atoms with Crippen molar-refractivity contribution in [1.29, 1.82) is 0 Å². The lowest BCUT2D eigenvalue weighted by Crippen LogP contribution is -2.30. The van der Waals surface area contributed by atoms with Gasteiger partial charge in [0.1, 0.15) is 5.75 Å². The van der Waals surface area contributed by atoms with Gasteiger partial charge in [0.25, 0.3) is 0 Å². The van der Waals surface area contributed by atoms with E-state index in [1.165, 1.54) is 0 Å². The summed E-state index contributed by atoms with van der Waals surface area (Å²) in [7, 11) is 1.14. The predicted octanol–water partition coefficient (Wildman–Crippen LogP) is 5.02. The summed E-state index contributed by atoms with van der Waals surface area (Å²) in [6.45, 7) is 1.19. The van der Waals surface area contributed by atoms with Gasteiger partial charge in [0, 0.05) is 17.5 Å². The molecule has 10 heteroatoms. The number of hydrogen-bond donors (Lipinski definition) is 1. The molecule has 0 aliphatic rings. The molecule has 1 aromatic carbocycles. The average molecular weight is 382 g/mol. The summed E-state index contributed by atoms with van der Waals surface area (Å²) in [6.07, 6.45) is -5.21. The summed E-state index contributed by atoms with van der Waals surface area (Å²) in [6, 6.07) is -1.43. The van der Waals surface area contributed by atoms with Crippen molar-refractivity contribution in [3.63, 3.8) is 0 Å². The number of halogens is 6. The van der Waals surface area contributed by atoms with E-state index in [9.17, 15) is 26.3 Å². The van der Waals surface area contributed by atoms with E-state index in [1.54, 1.807) is 19.2 Å². The Labute approximate surface area is 145 Å². The first-order chi connectivity index (χ1) is 12.0. The average Bonchev–Trinajstić information content (AvgIpc) is 2.52. The highest BCUT2D eigenvalue weighted by atomic mass is 19.4. The molecule has 4 nitrogen and oxygen atoms in total. The minimum Gasteiger partial charge on any atom is -0.495 e. The lowest BCUT2D eigenvalue weighted by Gasteiger charge is -2.20. The van der Waals surface area contributed by atoms with Crippen LogP contribution in [0.3, 0.4) is 0 Å². The van der Waals surface area contributed by atoms with E-state index in [2.05, 4.69) is 4.98 Å². The number of aromatic nitrogens is 1. The highest BCUT2D eigenvalue weighted by molar-refractivity contribution is 5.89. The van der Waals surface area contributed by atoms with Crippen LogP contribution >= 0.6 is 0 Å². The second kappa shape index (κ2) is 7.08. The molecule has 0 amide bonds. The van der Waals surface area contributed by atoms with Crippen LogP contribution in [0.1, 0.15) is 19.4 Å². The second-order valence-corrected chi connectivity index (χ2v) is 5.71. The minimum absolute atomic E-state index is 0.165. The number of anilines is 1. The molecule has 0 saturated carbocycles. The van der Waals surface area contributed by atoms with Gasteiger partial charge < -0.3 is 14.8 Å². The van der Waals surface area contributed by atoms with Crippen molar-refractivity contribution in [2.24, 2.45) is 0 Å². The third-order valence-corrected chi connectivity index (χ3v) is 3.25. The van der Waals surface area contributed by atoms with Crippen molar-refractivity contribution >= 4 is 16.6 Å². The molecule has 26 heavy (non-hydrogen) atoms. The number of rotatable bonds is 6. The van der Waals surface area contributed by atoms with E-state index in [0.717, 1.165) is 19.2 Å². The number of nitrogens with zero attached hydrogens (tertiary/aromatic N) is 1. The number of hydrogen-bond acceptors (Lipinski definition) is 4. The van der Waals surface area contributed by atoms with E-state index in [0.29, 0.717) is 6.07 Å². The van der Waals surface area contributed by atoms with Crippen molar-refractivity contribution in [2.75, 3.05) is 19.1 Å². The van der Waals surface area contributed by atoms with Crippen LogP contribution in [-0.4, -0.2) is 30.9 Å². The van der Waals surface area contributed by atoms with E-state index in [4.69, 9.17) is 9.47 Å². The summed E-state index contributed by atoms with van der Waals surface area (Å²) >= 11 is 0. The van der Waals surface area contributed by atoms with Gasteiger partial charge in [-0.2, -0.15) is 22.0 Å². The molecule has 0 saturated heterocycles. The Morgan fingerprint density at radius 3 is 2.27 bits per heavy atom. The van der Waals surface area contributed by atoms with Crippen LogP contribution in [0.15, 0.2) is 18.2 Å². The normalized spacial score (nSPS) is 12.5. The zero-order valence-corrected chi connectivity index (χ0v) is 14.0. The maximum absolute atomic E-state index is 13.4. The van der Waals surface area contributed by atoms with Gasteiger partial charge in [0.2, 0.25) is 5.88 Å². The van der Waals surface area contributed by atoms with Crippen molar-refractivity contribution in [3.05, 3.63) is 23.8 Å². The van der Waals surface area contributed by atoms with Crippen LogP contribution in [0, 0.1) is 0 Å². The van der Waals surface area contributed by atoms with Crippen LogP contribution in [0.4, 0.5) is 32.0 Å². The zero-order chi connectivity index (χ0) is 19.7. The molecule has 2 rings (SSSR count). The van der Waals surface area contributed by atoms with E-state index < -0.39 is 41.6 Å². The van der Waals surface area contributed by atoms with Crippen molar-refractivity contribution in [1.82, 2.24) is 4.98 Å². The van der Waals surface area contributed by atoms with Crippen molar-refractivity contribution in [2.45, 2.75) is 32.2 Å². The third-order valence-electron chi connectivity index (χ3n) is 3.25. The highest BCUT2D eigenvalue weighted by Gasteiger charge is 2.35. The predicted molar refractivity (Wildman–Crippen MR) is 83.6 cm³/mol. The van der Waals surface area contributed by atoms with Gasteiger partial charge in [-0.15, -0.1) is 0 Å². The number of benzene rings is 1. The van der Waals surface area contributed by atoms with E-state index in [-0.39, 0.29) is 17.1 Å². The number of ether oxygens (including phenoxy) is 2. The molecule has 0 aliphatic heterocycles. The molecule has 144 valence electrons. The van der Waals surface area contributed by atoms with Gasteiger partial charge in [0.05, 0.1) is 30.0 Å². The minimum atomic E-state index is -4.79. The van der Waals surface area contributed by atoms with Gasteiger partial charge in [-0.05, 0) is 19.9 Å². The molecular weight excluding hydrogens is 366 g/mol. The molecule has 1 N–H and O–H groups in total. The van der Waals surface area contributed by atoms with Gasteiger partial charge in [-0.3, -0.25) is 0 Å². The van der Waals surface area contributed by atoms with Crippen LogP contribution in [0.25, 0.3) is 10.9 Å². The Morgan fingerprint density at radius 1 is 1.12 bits per heavy atom. The Bertz CT molecular complexity index is 792. The van der Waals surface area contributed by atoms with Crippen LogP contribution in [0.2, 0.25) is 0 Å². The SMILES string of the molecule is COc1cc2nc(OC(C)C)cc(C(F)(F)F)c2cc1NC(F)(F)CF. The number of pyridine rings is 1.